The first-order valence-electron chi connectivity index (χ1n) is 4.97. The number of amides is 1. The minimum Gasteiger partial charge on any atom is -0.347 e. The van der Waals surface area contributed by atoms with Crippen molar-refractivity contribution < 1.29 is 4.79 Å². The Kier molecular flexibility index (Phi) is 9.71. The van der Waals surface area contributed by atoms with Crippen molar-refractivity contribution in [1.82, 2.24) is 10.3 Å². The van der Waals surface area contributed by atoms with E-state index < -0.39 is 0 Å². The van der Waals surface area contributed by atoms with Crippen LogP contribution in [0.4, 0.5) is 0 Å². The Bertz CT molecular complexity index is 346. The second-order valence-electron chi connectivity index (χ2n) is 3.68. The zero-order valence-corrected chi connectivity index (χ0v) is 12.5. The Morgan fingerprint density at radius 1 is 1.53 bits per heavy atom. The number of aromatic nitrogens is 1. The van der Waals surface area contributed by atoms with E-state index in [1.807, 2.05) is 27.0 Å². The number of aryl methyl sites for hydroxylation is 1. The highest BCUT2D eigenvalue weighted by atomic mass is 35.5. The third kappa shape index (κ3) is 5.68. The molecule has 1 amide bonds. The summed E-state index contributed by atoms with van der Waals surface area (Å²) in [7, 11) is 0. The van der Waals surface area contributed by atoms with Gasteiger partial charge in [0.1, 0.15) is 5.01 Å². The van der Waals surface area contributed by atoms with Gasteiger partial charge in [0.25, 0.3) is 0 Å². The predicted octanol–water partition coefficient (Wildman–Crippen LogP) is 2.07. The number of nitrogens with one attached hydrogen (secondary N) is 1. The van der Waals surface area contributed by atoms with Crippen LogP contribution in [0.3, 0.4) is 0 Å². The minimum absolute atomic E-state index is 0. The summed E-state index contributed by atoms with van der Waals surface area (Å²) in [5, 5.41) is 3.82. The van der Waals surface area contributed by atoms with Gasteiger partial charge in [-0.3, -0.25) is 4.79 Å². The third-order valence-corrected chi connectivity index (χ3v) is 3.26. The number of carbonyl (C=O) groups is 1. The lowest BCUT2D eigenvalue weighted by Crippen LogP contribution is -2.34. The molecular formula is C10H19Cl2N3OS. The molecule has 0 aliphatic carbocycles. The number of thiazole rings is 1. The van der Waals surface area contributed by atoms with Gasteiger partial charge in [-0.2, -0.15) is 0 Å². The lowest BCUT2D eigenvalue weighted by atomic mass is 10.1. The van der Waals surface area contributed by atoms with Crippen molar-refractivity contribution in [3.8, 4) is 0 Å². The quantitative estimate of drug-likeness (QED) is 0.894. The van der Waals surface area contributed by atoms with Gasteiger partial charge in [-0.15, -0.1) is 36.2 Å². The molecule has 7 heteroatoms. The maximum atomic E-state index is 11.6. The van der Waals surface area contributed by atoms with Crippen molar-refractivity contribution in [2.75, 3.05) is 6.54 Å². The SMILES string of the molecule is Cc1cnc(C(C)NC(=O)C(C)CN)s1.Cl.Cl. The summed E-state index contributed by atoms with van der Waals surface area (Å²) in [4.78, 5) is 16.9. The molecule has 1 aromatic rings. The summed E-state index contributed by atoms with van der Waals surface area (Å²) in [6.45, 7) is 6.11. The van der Waals surface area contributed by atoms with Crippen LogP contribution in [0.5, 0.6) is 0 Å². The number of rotatable bonds is 4. The average Bonchev–Trinajstić information content (AvgIpc) is 2.63. The molecule has 0 fully saturated rings. The Morgan fingerprint density at radius 2 is 2.12 bits per heavy atom. The van der Waals surface area contributed by atoms with Crippen LogP contribution in [0.1, 0.15) is 29.8 Å². The first kappa shape index (κ1) is 19.0. The van der Waals surface area contributed by atoms with E-state index in [4.69, 9.17) is 5.73 Å². The zero-order chi connectivity index (χ0) is 11.4. The van der Waals surface area contributed by atoms with E-state index in [1.165, 1.54) is 0 Å². The van der Waals surface area contributed by atoms with Gasteiger partial charge in [0.05, 0.1) is 6.04 Å². The summed E-state index contributed by atoms with van der Waals surface area (Å²) in [5.74, 6) is -0.161. The first-order chi connectivity index (χ1) is 7.04. The lowest BCUT2D eigenvalue weighted by molar-refractivity contribution is -0.124. The smallest absolute Gasteiger partial charge is 0.224 e. The van der Waals surface area contributed by atoms with Crippen LogP contribution in [0, 0.1) is 12.8 Å². The maximum Gasteiger partial charge on any atom is 0.224 e. The van der Waals surface area contributed by atoms with E-state index in [-0.39, 0.29) is 42.7 Å². The zero-order valence-electron chi connectivity index (χ0n) is 10.1. The van der Waals surface area contributed by atoms with Crippen molar-refractivity contribution >= 4 is 42.1 Å². The molecular weight excluding hydrogens is 281 g/mol. The van der Waals surface area contributed by atoms with Gasteiger partial charge in [0.15, 0.2) is 0 Å². The number of nitrogens with zero attached hydrogens (tertiary/aromatic N) is 1. The van der Waals surface area contributed by atoms with Crippen molar-refractivity contribution in [3.05, 3.63) is 16.1 Å². The minimum atomic E-state index is -0.145. The molecule has 0 aliphatic rings. The van der Waals surface area contributed by atoms with E-state index in [2.05, 4.69) is 10.3 Å². The summed E-state index contributed by atoms with van der Waals surface area (Å²) in [6.07, 6.45) is 1.81. The number of nitrogens with two attached hydrogens (primary N) is 1. The first-order valence-corrected chi connectivity index (χ1v) is 5.79. The topological polar surface area (TPSA) is 68.0 Å². The number of halogens is 2. The van der Waals surface area contributed by atoms with E-state index in [9.17, 15) is 4.79 Å². The number of hydrogen-bond donors (Lipinski definition) is 2. The highest BCUT2D eigenvalue weighted by Gasteiger charge is 2.16. The van der Waals surface area contributed by atoms with Crippen LogP contribution in [0.25, 0.3) is 0 Å². The molecule has 2 atom stereocenters. The fourth-order valence-corrected chi connectivity index (χ4v) is 1.87. The van der Waals surface area contributed by atoms with Gasteiger partial charge in [-0.1, -0.05) is 6.92 Å². The monoisotopic (exact) mass is 299 g/mol. The predicted molar refractivity (Wildman–Crippen MR) is 76.1 cm³/mol. The molecule has 0 aliphatic heterocycles. The largest absolute Gasteiger partial charge is 0.347 e. The van der Waals surface area contributed by atoms with E-state index in [1.54, 1.807) is 11.3 Å². The van der Waals surface area contributed by atoms with Gasteiger partial charge in [0.2, 0.25) is 5.91 Å². The molecule has 0 saturated heterocycles. The molecule has 2 unspecified atom stereocenters. The molecule has 0 bridgehead atoms. The highest BCUT2D eigenvalue weighted by Crippen LogP contribution is 2.19. The summed E-state index contributed by atoms with van der Waals surface area (Å²) in [5.41, 5.74) is 5.42. The third-order valence-electron chi connectivity index (χ3n) is 2.17. The molecule has 17 heavy (non-hydrogen) atoms. The Labute approximate surface area is 118 Å². The van der Waals surface area contributed by atoms with Crippen LogP contribution in [0.2, 0.25) is 0 Å². The molecule has 0 saturated carbocycles. The number of carbonyl (C=O) groups excluding carboxylic acids is 1. The van der Waals surface area contributed by atoms with E-state index in [0.717, 1.165) is 9.88 Å². The second kappa shape index (κ2) is 8.69. The Balaban J connectivity index is 0. The number of hydrogen-bond acceptors (Lipinski definition) is 4. The molecule has 1 aromatic heterocycles. The maximum absolute atomic E-state index is 11.6. The normalized spacial score (nSPS) is 12.9. The van der Waals surface area contributed by atoms with Crippen molar-refractivity contribution in [1.29, 1.82) is 0 Å². The molecule has 4 nitrogen and oxygen atoms in total. The Hall–Kier alpha value is -0.360. The van der Waals surface area contributed by atoms with Crippen molar-refractivity contribution in [3.63, 3.8) is 0 Å². The summed E-state index contributed by atoms with van der Waals surface area (Å²) >= 11 is 1.60. The molecule has 1 heterocycles. The van der Waals surface area contributed by atoms with Gasteiger partial charge < -0.3 is 11.1 Å². The molecule has 100 valence electrons. The van der Waals surface area contributed by atoms with Crippen LogP contribution in [0.15, 0.2) is 6.20 Å². The van der Waals surface area contributed by atoms with Gasteiger partial charge >= 0.3 is 0 Å². The summed E-state index contributed by atoms with van der Waals surface area (Å²) < 4.78 is 0. The van der Waals surface area contributed by atoms with Crippen LogP contribution in [-0.2, 0) is 4.79 Å². The van der Waals surface area contributed by atoms with Crippen molar-refractivity contribution in [2.45, 2.75) is 26.8 Å². The van der Waals surface area contributed by atoms with Crippen LogP contribution < -0.4 is 11.1 Å². The summed E-state index contributed by atoms with van der Waals surface area (Å²) in [6, 6.07) is -0.0369. The molecule has 0 aromatic carbocycles. The fraction of sp³-hybridized carbons (Fsp3) is 0.600. The van der Waals surface area contributed by atoms with E-state index >= 15 is 0 Å². The molecule has 0 radical (unpaired) electrons. The highest BCUT2D eigenvalue weighted by molar-refractivity contribution is 7.11. The molecule has 3 N–H and O–H groups in total. The Morgan fingerprint density at radius 3 is 2.53 bits per heavy atom. The van der Waals surface area contributed by atoms with Gasteiger partial charge in [-0.25, -0.2) is 4.98 Å². The van der Waals surface area contributed by atoms with Crippen LogP contribution in [-0.4, -0.2) is 17.4 Å². The van der Waals surface area contributed by atoms with E-state index in [0.29, 0.717) is 6.54 Å². The standard InChI is InChI=1S/C10H17N3OS.2ClH/c1-6(4-11)9(14)13-8(3)10-12-5-7(2)15-10;;/h5-6,8H,4,11H2,1-3H3,(H,13,14);2*1H. The van der Waals surface area contributed by atoms with Gasteiger partial charge in [-0.05, 0) is 13.8 Å². The second-order valence-corrected chi connectivity index (χ2v) is 4.94. The average molecular weight is 300 g/mol. The molecule has 0 spiro atoms. The lowest BCUT2D eigenvalue weighted by Gasteiger charge is -2.14. The van der Waals surface area contributed by atoms with Crippen LogP contribution >= 0.6 is 36.2 Å². The molecule has 1 rings (SSSR count). The fourth-order valence-electron chi connectivity index (χ4n) is 1.10. The van der Waals surface area contributed by atoms with Crippen molar-refractivity contribution in [2.24, 2.45) is 11.7 Å². The van der Waals surface area contributed by atoms with Gasteiger partial charge in [0, 0.05) is 23.5 Å².